The number of benzene rings is 2. The summed E-state index contributed by atoms with van der Waals surface area (Å²) in [5.41, 5.74) is 3.17. The number of nitrogens with zero attached hydrogens (tertiary/aromatic N) is 3. The number of carbonyl (C=O) groups is 1. The van der Waals surface area contributed by atoms with Crippen LogP contribution in [0.5, 0.6) is 5.75 Å². The summed E-state index contributed by atoms with van der Waals surface area (Å²) >= 11 is 7.34. The molecule has 29 heavy (non-hydrogen) atoms. The number of hydrogen-bond donors (Lipinski definition) is 1. The van der Waals surface area contributed by atoms with E-state index in [4.69, 9.17) is 16.3 Å². The first-order valence-corrected chi connectivity index (χ1v) is 10.2. The van der Waals surface area contributed by atoms with Crippen LogP contribution in [0.1, 0.15) is 0 Å². The molecule has 8 heteroatoms. The lowest BCUT2D eigenvalue weighted by Gasteiger charge is -2.10. The van der Waals surface area contributed by atoms with Crippen molar-refractivity contribution in [1.82, 2.24) is 14.6 Å². The first kappa shape index (κ1) is 19.3. The maximum Gasteiger partial charge on any atom is 0.234 e. The predicted molar refractivity (Wildman–Crippen MR) is 116 cm³/mol. The van der Waals surface area contributed by atoms with Gasteiger partial charge in [0, 0.05) is 10.6 Å². The maximum absolute atomic E-state index is 12.3. The number of aromatic nitrogens is 3. The second kappa shape index (κ2) is 8.55. The molecule has 4 rings (SSSR count). The molecule has 2 aromatic heterocycles. The number of halogens is 1. The van der Waals surface area contributed by atoms with Crippen molar-refractivity contribution in [1.29, 1.82) is 0 Å². The third-order valence-electron chi connectivity index (χ3n) is 4.15. The predicted octanol–water partition coefficient (Wildman–Crippen LogP) is 4.79. The Morgan fingerprint density at radius 2 is 2.00 bits per heavy atom. The molecular formula is C21H17ClN4O2S. The third kappa shape index (κ3) is 4.52. The van der Waals surface area contributed by atoms with Crippen molar-refractivity contribution < 1.29 is 9.53 Å². The van der Waals surface area contributed by atoms with Gasteiger partial charge in [-0.1, -0.05) is 53.7 Å². The number of fused-ring (bicyclic) bond motifs is 1. The van der Waals surface area contributed by atoms with E-state index < -0.39 is 0 Å². The fraction of sp³-hybridized carbons (Fsp3) is 0.0952. The van der Waals surface area contributed by atoms with E-state index in [1.807, 2.05) is 48.7 Å². The molecule has 0 radical (unpaired) electrons. The molecule has 0 aliphatic heterocycles. The van der Waals surface area contributed by atoms with Crippen LogP contribution in [0.15, 0.2) is 71.9 Å². The van der Waals surface area contributed by atoms with Crippen molar-refractivity contribution in [3.05, 3.63) is 71.9 Å². The van der Waals surface area contributed by atoms with E-state index >= 15 is 0 Å². The summed E-state index contributed by atoms with van der Waals surface area (Å²) in [6.45, 7) is 0. The average molecular weight is 425 g/mol. The molecule has 0 aliphatic rings. The maximum atomic E-state index is 12.3. The Morgan fingerprint density at radius 3 is 2.79 bits per heavy atom. The topological polar surface area (TPSA) is 68.5 Å². The van der Waals surface area contributed by atoms with Crippen molar-refractivity contribution in [2.75, 3.05) is 18.2 Å². The molecule has 1 N–H and O–H groups in total. The summed E-state index contributed by atoms with van der Waals surface area (Å²) in [5.74, 6) is 0.584. The Balaban J connectivity index is 1.44. The number of nitrogens with one attached hydrogen (secondary N) is 1. The Hall–Kier alpha value is -3.03. The highest BCUT2D eigenvalue weighted by molar-refractivity contribution is 7.99. The standard InChI is InChI=1S/C21H17ClN4O2S/c1-28-18-8-7-15(22)11-16(18)24-20(27)13-29-21-10-9-19-23-17(12-26(19)25-21)14-5-3-2-4-6-14/h2-12H,13H2,1H3,(H,24,27). The van der Waals surface area contributed by atoms with E-state index in [9.17, 15) is 4.79 Å². The highest BCUT2D eigenvalue weighted by atomic mass is 35.5. The molecule has 2 heterocycles. The van der Waals surface area contributed by atoms with Gasteiger partial charge in [0.2, 0.25) is 5.91 Å². The Morgan fingerprint density at radius 1 is 1.17 bits per heavy atom. The number of anilines is 1. The minimum Gasteiger partial charge on any atom is -0.495 e. The van der Waals surface area contributed by atoms with Crippen molar-refractivity contribution in [2.45, 2.75) is 5.03 Å². The fourth-order valence-electron chi connectivity index (χ4n) is 2.79. The van der Waals surface area contributed by atoms with E-state index in [0.29, 0.717) is 16.5 Å². The second-order valence-corrected chi connectivity index (χ2v) is 7.58. The summed E-state index contributed by atoms with van der Waals surface area (Å²) in [7, 11) is 1.54. The monoisotopic (exact) mass is 424 g/mol. The molecule has 4 aromatic rings. The van der Waals surface area contributed by atoms with Crippen LogP contribution in [0, 0.1) is 0 Å². The SMILES string of the molecule is COc1ccc(Cl)cc1NC(=O)CSc1ccc2nc(-c3ccccc3)cn2n1. The van der Waals surface area contributed by atoms with Gasteiger partial charge in [-0.2, -0.15) is 5.10 Å². The molecular weight excluding hydrogens is 408 g/mol. The molecule has 0 fully saturated rings. The molecule has 0 unspecified atom stereocenters. The zero-order valence-electron chi connectivity index (χ0n) is 15.5. The van der Waals surface area contributed by atoms with E-state index in [1.54, 1.807) is 29.8 Å². The molecule has 6 nitrogen and oxygen atoms in total. The van der Waals surface area contributed by atoms with Gasteiger partial charge in [-0.3, -0.25) is 4.79 Å². The molecule has 0 spiro atoms. The van der Waals surface area contributed by atoms with Crippen molar-refractivity contribution in [3.8, 4) is 17.0 Å². The number of thioether (sulfide) groups is 1. The number of rotatable bonds is 6. The number of imidazole rings is 1. The number of hydrogen-bond acceptors (Lipinski definition) is 5. The minimum absolute atomic E-state index is 0.173. The van der Waals surface area contributed by atoms with Gasteiger partial charge < -0.3 is 10.1 Å². The van der Waals surface area contributed by atoms with Crippen LogP contribution in [-0.2, 0) is 4.79 Å². The van der Waals surface area contributed by atoms with Gasteiger partial charge in [0.1, 0.15) is 10.8 Å². The smallest absolute Gasteiger partial charge is 0.234 e. The van der Waals surface area contributed by atoms with Gasteiger partial charge in [-0.05, 0) is 30.3 Å². The van der Waals surface area contributed by atoms with Gasteiger partial charge in [-0.15, -0.1) is 0 Å². The summed E-state index contributed by atoms with van der Waals surface area (Å²) in [6.07, 6.45) is 1.88. The molecule has 0 saturated heterocycles. The Labute approximate surface area is 176 Å². The Bertz CT molecular complexity index is 1160. The zero-order valence-corrected chi connectivity index (χ0v) is 17.1. The zero-order chi connectivity index (χ0) is 20.2. The lowest BCUT2D eigenvalue weighted by molar-refractivity contribution is -0.113. The highest BCUT2D eigenvalue weighted by Gasteiger charge is 2.11. The van der Waals surface area contributed by atoms with Crippen LogP contribution in [0.4, 0.5) is 5.69 Å². The minimum atomic E-state index is -0.173. The van der Waals surface area contributed by atoms with Gasteiger partial charge in [0.15, 0.2) is 5.65 Å². The lowest BCUT2D eigenvalue weighted by Crippen LogP contribution is -2.15. The first-order chi connectivity index (χ1) is 14.1. The highest BCUT2D eigenvalue weighted by Crippen LogP contribution is 2.28. The van der Waals surface area contributed by atoms with Crippen LogP contribution in [-0.4, -0.2) is 33.4 Å². The van der Waals surface area contributed by atoms with Gasteiger partial charge >= 0.3 is 0 Å². The largest absolute Gasteiger partial charge is 0.495 e. The average Bonchev–Trinajstić information content (AvgIpc) is 3.16. The van der Waals surface area contributed by atoms with Crippen LogP contribution >= 0.6 is 23.4 Å². The number of ether oxygens (including phenoxy) is 1. The molecule has 1 amide bonds. The van der Waals surface area contributed by atoms with Gasteiger partial charge in [0.05, 0.1) is 30.4 Å². The van der Waals surface area contributed by atoms with Gasteiger partial charge in [-0.25, -0.2) is 9.50 Å². The summed E-state index contributed by atoms with van der Waals surface area (Å²) in [5, 5.41) is 8.61. The van der Waals surface area contributed by atoms with Crippen molar-refractivity contribution in [3.63, 3.8) is 0 Å². The molecule has 2 aromatic carbocycles. The van der Waals surface area contributed by atoms with Crippen molar-refractivity contribution >= 4 is 40.6 Å². The van der Waals surface area contributed by atoms with Crippen LogP contribution in [0.3, 0.4) is 0 Å². The number of methoxy groups -OCH3 is 1. The molecule has 0 atom stereocenters. The lowest BCUT2D eigenvalue weighted by atomic mass is 10.2. The van der Waals surface area contributed by atoms with Crippen LogP contribution in [0.25, 0.3) is 16.9 Å². The first-order valence-electron chi connectivity index (χ1n) is 8.80. The number of carbonyl (C=O) groups excluding carboxylic acids is 1. The third-order valence-corrected chi connectivity index (χ3v) is 5.31. The Kier molecular flexibility index (Phi) is 5.69. The summed E-state index contributed by atoms with van der Waals surface area (Å²) < 4.78 is 6.97. The summed E-state index contributed by atoms with van der Waals surface area (Å²) in [6, 6.07) is 18.7. The fourth-order valence-corrected chi connectivity index (χ4v) is 3.63. The molecule has 0 bridgehead atoms. The van der Waals surface area contributed by atoms with E-state index in [0.717, 1.165) is 21.9 Å². The number of amides is 1. The molecule has 0 aliphatic carbocycles. The quantitative estimate of drug-likeness (QED) is 0.451. The van der Waals surface area contributed by atoms with E-state index in [2.05, 4.69) is 15.4 Å². The van der Waals surface area contributed by atoms with Crippen LogP contribution in [0.2, 0.25) is 5.02 Å². The van der Waals surface area contributed by atoms with E-state index in [-0.39, 0.29) is 11.7 Å². The normalized spacial score (nSPS) is 10.8. The van der Waals surface area contributed by atoms with Crippen molar-refractivity contribution in [2.24, 2.45) is 0 Å². The van der Waals surface area contributed by atoms with Crippen LogP contribution < -0.4 is 10.1 Å². The van der Waals surface area contributed by atoms with Gasteiger partial charge in [0.25, 0.3) is 0 Å². The summed E-state index contributed by atoms with van der Waals surface area (Å²) in [4.78, 5) is 16.9. The molecule has 146 valence electrons. The molecule has 0 saturated carbocycles. The second-order valence-electron chi connectivity index (χ2n) is 6.15. The van der Waals surface area contributed by atoms with E-state index in [1.165, 1.54) is 11.8 Å².